The number of ether oxygens (including phenoxy) is 2. The largest absolute Gasteiger partial charge is 0.494 e. The second kappa shape index (κ2) is 10.4. The molecule has 12 heteroatoms. The van der Waals surface area contributed by atoms with Crippen LogP contribution in [0.25, 0.3) is 17.1 Å². The third-order valence-corrected chi connectivity index (χ3v) is 7.56. The van der Waals surface area contributed by atoms with Gasteiger partial charge in [0.1, 0.15) is 29.3 Å². The minimum absolute atomic E-state index is 0.183. The van der Waals surface area contributed by atoms with Gasteiger partial charge >= 0.3 is 0 Å². The first-order chi connectivity index (χ1) is 17.7. The van der Waals surface area contributed by atoms with Crippen LogP contribution >= 0.6 is 0 Å². The van der Waals surface area contributed by atoms with E-state index in [1.807, 2.05) is 6.92 Å². The zero-order chi connectivity index (χ0) is 26.7. The minimum atomic E-state index is -4.47. The van der Waals surface area contributed by atoms with Crippen LogP contribution in [0.5, 0.6) is 17.4 Å². The van der Waals surface area contributed by atoms with Gasteiger partial charge < -0.3 is 14.6 Å². The molecule has 2 aromatic heterocycles. The van der Waals surface area contributed by atoms with E-state index in [1.54, 1.807) is 25.2 Å². The first-order valence-electron chi connectivity index (χ1n) is 11.5. The van der Waals surface area contributed by atoms with Crippen LogP contribution in [0.2, 0.25) is 0 Å². The lowest BCUT2D eigenvalue weighted by Gasteiger charge is -2.21. The van der Waals surface area contributed by atoms with Gasteiger partial charge in [-0.05, 0) is 42.8 Å². The Balaban J connectivity index is 1.93. The molecule has 0 saturated heterocycles. The zero-order valence-electron chi connectivity index (χ0n) is 20.9. The maximum atomic E-state index is 13.6. The number of nitrogens with zero attached hydrogens (tertiary/aromatic N) is 5. The van der Waals surface area contributed by atoms with Crippen LogP contribution in [0.4, 0.5) is 0 Å². The average molecular weight is 526 g/mol. The van der Waals surface area contributed by atoms with E-state index in [2.05, 4.69) is 15.1 Å². The van der Waals surface area contributed by atoms with Gasteiger partial charge in [0.15, 0.2) is 10.7 Å². The standard InChI is InChI=1S/C25H27N5O6S/c1-5-6-10-20-27-24(31)22(25(32)30(20)21-18(35-3)8-7-9-19(21)36-4)37(33,34)17-13-11-16(12-14-17)23-26-15-29(2)28-23/h7-9,11-15,32H,5-6,10H2,1-4H3. The third-order valence-electron chi connectivity index (χ3n) is 5.77. The summed E-state index contributed by atoms with van der Waals surface area (Å²) >= 11 is 0. The molecule has 0 spiro atoms. The molecular formula is C25H27N5O6S. The Bertz CT molecular complexity index is 1570. The Hall–Kier alpha value is -4.19. The number of aromatic nitrogens is 5. The Morgan fingerprint density at radius 1 is 1.03 bits per heavy atom. The van der Waals surface area contributed by atoms with Crippen molar-refractivity contribution in [3.8, 4) is 34.5 Å². The molecule has 4 rings (SSSR count). The molecular weight excluding hydrogens is 498 g/mol. The SMILES string of the molecule is CCCCc1nc(=O)c(S(=O)(=O)c2ccc(-c3ncn(C)n3)cc2)c(O)n1-c1c(OC)cccc1OC. The van der Waals surface area contributed by atoms with Gasteiger partial charge in [0.25, 0.3) is 5.56 Å². The number of benzene rings is 2. The number of para-hydroxylation sites is 1. The topological polar surface area (TPSA) is 138 Å². The fourth-order valence-corrected chi connectivity index (χ4v) is 5.27. The van der Waals surface area contributed by atoms with Gasteiger partial charge in [0.2, 0.25) is 15.7 Å². The molecule has 0 unspecified atom stereocenters. The lowest BCUT2D eigenvalue weighted by molar-refractivity contribution is 0.374. The van der Waals surface area contributed by atoms with Gasteiger partial charge in [0, 0.05) is 19.0 Å². The Morgan fingerprint density at radius 3 is 2.22 bits per heavy atom. The van der Waals surface area contributed by atoms with Crippen molar-refractivity contribution in [3.63, 3.8) is 0 Å². The highest BCUT2D eigenvalue weighted by Crippen LogP contribution is 2.38. The van der Waals surface area contributed by atoms with Crippen LogP contribution in [0.3, 0.4) is 0 Å². The Labute approximate surface area is 213 Å². The van der Waals surface area contributed by atoms with Gasteiger partial charge in [-0.3, -0.25) is 14.0 Å². The van der Waals surface area contributed by atoms with E-state index in [9.17, 15) is 18.3 Å². The summed E-state index contributed by atoms with van der Waals surface area (Å²) in [5, 5.41) is 15.6. The summed E-state index contributed by atoms with van der Waals surface area (Å²) in [6, 6.07) is 10.7. The molecule has 0 aliphatic heterocycles. The molecule has 0 saturated carbocycles. The van der Waals surface area contributed by atoms with E-state index in [1.165, 1.54) is 54.1 Å². The highest BCUT2D eigenvalue weighted by atomic mass is 32.2. The normalized spacial score (nSPS) is 11.5. The quantitative estimate of drug-likeness (QED) is 0.349. The average Bonchev–Trinajstić information content (AvgIpc) is 3.33. The zero-order valence-corrected chi connectivity index (χ0v) is 21.7. The van der Waals surface area contributed by atoms with Crippen molar-refractivity contribution in [2.45, 2.75) is 36.0 Å². The van der Waals surface area contributed by atoms with Crippen molar-refractivity contribution in [3.05, 3.63) is 65.0 Å². The Morgan fingerprint density at radius 2 is 1.68 bits per heavy atom. The van der Waals surface area contributed by atoms with Gasteiger partial charge in [-0.2, -0.15) is 10.1 Å². The predicted molar refractivity (Wildman–Crippen MR) is 135 cm³/mol. The lowest BCUT2D eigenvalue weighted by atomic mass is 10.2. The fourth-order valence-electron chi connectivity index (χ4n) is 3.93. The number of hydrogen-bond donors (Lipinski definition) is 1. The summed E-state index contributed by atoms with van der Waals surface area (Å²) in [5.41, 5.74) is -0.228. The number of aromatic hydroxyl groups is 1. The molecule has 0 fully saturated rings. The molecule has 194 valence electrons. The molecule has 0 radical (unpaired) electrons. The summed E-state index contributed by atoms with van der Waals surface area (Å²) in [5.74, 6) is 0.427. The van der Waals surface area contributed by atoms with E-state index in [0.717, 1.165) is 6.42 Å². The van der Waals surface area contributed by atoms with Crippen LogP contribution in [-0.4, -0.2) is 52.1 Å². The molecule has 0 aliphatic rings. The number of aryl methyl sites for hydroxylation is 2. The summed E-state index contributed by atoms with van der Waals surface area (Å²) in [7, 11) is 0.119. The van der Waals surface area contributed by atoms with Crippen LogP contribution in [0.1, 0.15) is 25.6 Å². The maximum absolute atomic E-state index is 13.6. The molecule has 0 aliphatic carbocycles. The molecule has 37 heavy (non-hydrogen) atoms. The third kappa shape index (κ3) is 4.79. The molecule has 1 N–H and O–H groups in total. The minimum Gasteiger partial charge on any atom is -0.494 e. The molecule has 0 amide bonds. The van der Waals surface area contributed by atoms with Crippen molar-refractivity contribution in [2.24, 2.45) is 7.05 Å². The van der Waals surface area contributed by atoms with Crippen molar-refractivity contribution < 1.29 is 23.0 Å². The molecule has 2 aromatic carbocycles. The Kier molecular flexibility index (Phi) is 7.30. The van der Waals surface area contributed by atoms with Crippen molar-refractivity contribution in [2.75, 3.05) is 14.2 Å². The van der Waals surface area contributed by atoms with Crippen LogP contribution in [0.15, 0.2) is 63.4 Å². The number of methoxy groups -OCH3 is 2. The number of hydrogen-bond acceptors (Lipinski definition) is 9. The van der Waals surface area contributed by atoms with Crippen LogP contribution in [-0.2, 0) is 23.3 Å². The van der Waals surface area contributed by atoms with E-state index < -0.39 is 26.2 Å². The number of rotatable bonds is 9. The highest BCUT2D eigenvalue weighted by molar-refractivity contribution is 7.91. The number of sulfone groups is 1. The van der Waals surface area contributed by atoms with Gasteiger partial charge in [-0.25, -0.2) is 13.4 Å². The molecule has 0 atom stereocenters. The summed E-state index contributed by atoms with van der Waals surface area (Å²) in [4.78, 5) is 20.3. The molecule has 0 bridgehead atoms. The number of unbranched alkanes of at least 4 members (excludes halogenated alkanes) is 1. The molecule has 4 aromatic rings. The fraction of sp³-hybridized carbons (Fsp3) is 0.280. The predicted octanol–water partition coefficient (Wildman–Crippen LogP) is 2.93. The summed E-state index contributed by atoms with van der Waals surface area (Å²) in [6.07, 6.45) is 3.28. The van der Waals surface area contributed by atoms with E-state index in [0.29, 0.717) is 35.7 Å². The second-order valence-electron chi connectivity index (χ2n) is 8.21. The monoisotopic (exact) mass is 525 g/mol. The van der Waals surface area contributed by atoms with Crippen molar-refractivity contribution in [1.29, 1.82) is 0 Å². The van der Waals surface area contributed by atoms with Gasteiger partial charge in [0.05, 0.1) is 19.1 Å². The van der Waals surface area contributed by atoms with Crippen molar-refractivity contribution >= 4 is 9.84 Å². The first-order valence-corrected chi connectivity index (χ1v) is 13.0. The lowest BCUT2D eigenvalue weighted by Crippen LogP contribution is -2.25. The van der Waals surface area contributed by atoms with Crippen LogP contribution in [0, 0.1) is 0 Å². The van der Waals surface area contributed by atoms with Gasteiger partial charge in [-0.15, -0.1) is 0 Å². The first kappa shape index (κ1) is 25.9. The smallest absolute Gasteiger partial charge is 0.296 e. The van der Waals surface area contributed by atoms with Gasteiger partial charge in [-0.1, -0.05) is 19.4 Å². The summed E-state index contributed by atoms with van der Waals surface area (Å²) < 4.78 is 41.0. The van der Waals surface area contributed by atoms with Crippen LogP contribution < -0.4 is 15.0 Å². The maximum Gasteiger partial charge on any atom is 0.296 e. The van der Waals surface area contributed by atoms with E-state index in [4.69, 9.17) is 9.47 Å². The van der Waals surface area contributed by atoms with E-state index >= 15 is 0 Å². The second-order valence-corrected chi connectivity index (χ2v) is 10.1. The van der Waals surface area contributed by atoms with E-state index in [-0.39, 0.29) is 16.4 Å². The molecule has 11 nitrogen and oxygen atoms in total. The molecule has 2 heterocycles. The van der Waals surface area contributed by atoms with Crippen molar-refractivity contribution in [1.82, 2.24) is 24.3 Å². The highest BCUT2D eigenvalue weighted by Gasteiger charge is 2.31. The summed E-state index contributed by atoms with van der Waals surface area (Å²) in [6.45, 7) is 1.97.